The molecule has 86 valence electrons. The molecule has 1 N–H and O–H groups in total. The first kappa shape index (κ1) is 9.97. The standard InChI is InChI=1S/C8H5ClN6O2/c1-15-2-10-5-3(15)4(9)11-6(12-5)7-13-8(16)17-14-7/h2H,1H3,(H,13,14,16). The van der Waals surface area contributed by atoms with E-state index in [1.165, 1.54) is 0 Å². The lowest BCUT2D eigenvalue weighted by Crippen LogP contribution is -1.98. The number of imidazole rings is 1. The van der Waals surface area contributed by atoms with Gasteiger partial charge >= 0.3 is 5.76 Å². The zero-order valence-corrected chi connectivity index (χ0v) is 9.26. The second-order valence-corrected chi connectivity index (χ2v) is 3.67. The molecule has 0 radical (unpaired) electrons. The van der Waals surface area contributed by atoms with Gasteiger partial charge in [-0.15, -0.1) is 0 Å². The molecule has 0 aliphatic rings. The molecule has 17 heavy (non-hydrogen) atoms. The van der Waals surface area contributed by atoms with Gasteiger partial charge in [0, 0.05) is 7.05 Å². The van der Waals surface area contributed by atoms with Crippen molar-refractivity contribution in [3.63, 3.8) is 0 Å². The number of halogens is 1. The summed E-state index contributed by atoms with van der Waals surface area (Å²) >= 11 is 6.00. The van der Waals surface area contributed by atoms with Crippen molar-refractivity contribution in [3.05, 3.63) is 22.0 Å². The second-order valence-electron chi connectivity index (χ2n) is 3.31. The average Bonchev–Trinajstić information content (AvgIpc) is 2.86. The Kier molecular flexibility index (Phi) is 1.99. The van der Waals surface area contributed by atoms with Crippen LogP contribution in [0.2, 0.25) is 5.15 Å². The fraction of sp³-hybridized carbons (Fsp3) is 0.125. The molecule has 0 amide bonds. The molecule has 3 aromatic rings. The summed E-state index contributed by atoms with van der Waals surface area (Å²) in [6, 6.07) is 0. The Hall–Kier alpha value is -2.22. The molecule has 9 heteroatoms. The van der Waals surface area contributed by atoms with E-state index in [-0.39, 0.29) is 16.8 Å². The minimum Gasteiger partial charge on any atom is -0.330 e. The molecule has 3 heterocycles. The van der Waals surface area contributed by atoms with Crippen LogP contribution in [0.5, 0.6) is 0 Å². The van der Waals surface area contributed by atoms with Gasteiger partial charge in [-0.3, -0.25) is 9.51 Å². The molecular formula is C8H5ClN6O2. The van der Waals surface area contributed by atoms with Crippen LogP contribution >= 0.6 is 11.6 Å². The van der Waals surface area contributed by atoms with Gasteiger partial charge in [0.1, 0.15) is 5.52 Å². The highest BCUT2D eigenvalue weighted by molar-refractivity contribution is 6.33. The molecule has 0 unspecified atom stereocenters. The van der Waals surface area contributed by atoms with Gasteiger partial charge in [0.2, 0.25) is 11.6 Å². The number of aromatic nitrogens is 6. The van der Waals surface area contributed by atoms with Crippen molar-refractivity contribution in [2.45, 2.75) is 0 Å². The van der Waals surface area contributed by atoms with Gasteiger partial charge in [0.25, 0.3) is 0 Å². The summed E-state index contributed by atoms with van der Waals surface area (Å²) in [6.45, 7) is 0. The molecule has 0 aliphatic carbocycles. The quantitative estimate of drug-likeness (QED) is 0.627. The van der Waals surface area contributed by atoms with E-state index in [0.717, 1.165) is 0 Å². The van der Waals surface area contributed by atoms with Crippen molar-refractivity contribution >= 4 is 22.8 Å². The number of rotatable bonds is 1. The molecule has 0 bridgehead atoms. The molecule has 0 spiro atoms. The van der Waals surface area contributed by atoms with Gasteiger partial charge in [0.05, 0.1) is 6.33 Å². The molecule has 8 nitrogen and oxygen atoms in total. The molecule has 0 fully saturated rings. The van der Waals surface area contributed by atoms with Crippen LogP contribution in [0, 0.1) is 0 Å². The van der Waals surface area contributed by atoms with Gasteiger partial charge in [0.15, 0.2) is 10.8 Å². The van der Waals surface area contributed by atoms with Crippen LogP contribution in [0.25, 0.3) is 22.8 Å². The maximum Gasteiger partial charge on any atom is 0.439 e. The van der Waals surface area contributed by atoms with Crippen LogP contribution < -0.4 is 5.76 Å². The van der Waals surface area contributed by atoms with Crippen molar-refractivity contribution < 1.29 is 4.52 Å². The third kappa shape index (κ3) is 1.49. The summed E-state index contributed by atoms with van der Waals surface area (Å²) in [5.41, 5.74) is 1.03. The van der Waals surface area contributed by atoms with Crippen LogP contribution in [-0.4, -0.2) is 29.7 Å². The highest BCUT2D eigenvalue weighted by Crippen LogP contribution is 2.21. The largest absolute Gasteiger partial charge is 0.439 e. The molecule has 3 rings (SSSR count). The summed E-state index contributed by atoms with van der Waals surface area (Å²) in [4.78, 5) is 25.4. The number of hydrogen-bond donors (Lipinski definition) is 1. The minimum absolute atomic E-state index is 0.115. The third-order valence-electron chi connectivity index (χ3n) is 2.18. The monoisotopic (exact) mass is 252 g/mol. The Bertz CT molecular complexity index is 757. The molecule has 3 aromatic heterocycles. The summed E-state index contributed by atoms with van der Waals surface area (Å²) in [5.74, 6) is -0.405. The van der Waals surface area contributed by atoms with Gasteiger partial charge in [-0.25, -0.2) is 19.7 Å². The van der Waals surface area contributed by atoms with Gasteiger partial charge in [-0.1, -0.05) is 16.8 Å². The zero-order valence-electron chi connectivity index (χ0n) is 8.51. The summed E-state index contributed by atoms with van der Waals surface area (Å²) < 4.78 is 6.07. The van der Waals surface area contributed by atoms with E-state index in [0.29, 0.717) is 11.2 Å². The lowest BCUT2D eigenvalue weighted by molar-refractivity contribution is 0.387. The molecule has 0 atom stereocenters. The van der Waals surface area contributed by atoms with Crippen LogP contribution in [0.15, 0.2) is 15.6 Å². The first-order chi connectivity index (χ1) is 8.15. The van der Waals surface area contributed by atoms with Crippen LogP contribution in [0.3, 0.4) is 0 Å². The molecule has 0 saturated carbocycles. The fourth-order valence-electron chi connectivity index (χ4n) is 1.44. The van der Waals surface area contributed by atoms with Crippen LogP contribution in [0.4, 0.5) is 0 Å². The average molecular weight is 253 g/mol. The van der Waals surface area contributed by atoms with E-state index in [1.54, 1.807) is 17.9 Å². The van der Waals surface area contributed by atoms with Crippen molar-refractivity contribution in [1.29, 1.82) is 0 Å². The van der Waals surface area contributed by atoms with Gasteiger partial charge < -0.3 is 4.57 Å². The maximum atomic E-state index is 10.8. The van der Waals surface area contributed by atoms with E-state index in [2.05, 4.69) is 29.6 Å². The Morgan fingerprint density at radius 3 is 3.00 bits per heavy atom. The second kappa shape index (κ2) is 3.39. The number of nitrogens with zero attached hydrogens (tertiary/aromatic N) is 5. The highest BCUT2D eigenvalue weighted by Gasteiger charge is 2.14. The molecule has 0 aromatic carbocycles. The van der Waals surface area contributed by atoms with Crippen molar-refractivity contribution in [3.8, 4) is 11.6 Å². The third-order valence-corrected chi connectivity index (χ3v) is 2.44. The molecule has 0 aliphatic heterocycles. The Balaban J connectivity index is 2.29. The van der Waals surface area contributed by atoms with E-state index in [1.807, 2.05) is 0 Å². The Morgan fingerprint density at radius 1 is 1.47 bits per heavy atom. The van der Waals surface area contributed by atoms with E-state index in [9.17, 15) is 4.79 Å². The van der Waals surface area contributed by atoms with Gasteiger partial charge in [-0.05, 0) is 0 Å². The Labute approximate surface area is 98.3 Å². The highest BCUT2D eigenvalue weighted by atomic mass is 35.5. The number of fused-ring (bicyclic) bond motifs is 1. The predicted octanol–water partition coefficient (Wildman–Crippen LogP) is 0.360. The zero-order chi connectivity index (χ0) is 12.0. The first-order valence-electron chi connectivity index (χ1n) is 4.56. The number of H-pyrrole nitrogens is 1. The minimum atomic E-state index is -0.680. The SMILES string of the molecule is Cn1cnc2nc(-c3noc(=O)[nH]3)nc(Cl)c21. The number of aryl methyl sites for hydroxylation is 1. The van der Waals surface area contributed by atoms with Crippen molar-refractivity contribution in [2.75, 3.05) is 0 Å². The van der Waals surface area contributed by atoms with Crippen molar-refractivity contribution in [1.82, 2.24) is 29.7 Å². The summed E-state index contributed by atoms with van der Waals surface area (Å²) in [7, 11) is 1.78. The number of hydrogen-bond acceptors (Lipinski definition) is 6. The predicted molar refractivity (Wildman–Crippen MR) is 57.4 cm³/mol. The normalized spacial score (nSPS) is 11.2. The first-order valence-corrected chi connectivity index (χ1v) is 4.94. The van der Waals surface area contributed by atoms with Crippen LogP contribution in [-0.2, 0) is 7.05 Å². The molecule has 0 saturated heterocycles. The summed E-state index contributed by atoms with van der Waals surface area (Å²) in [6.07, 6.45) is 1.57. The Morgan fingerprint density at radius 2 is 2.29 bits per heavy atom. The number of nitrogens with one attached hydrogen (secondary N) is 1. The topological polar surface area (TPSA) is 102 Å². The lowest BCUT2D eigenvalue weighted by Gasteiger charge is -1.98. The van der Waals surface area contributed by atoms with Gasteiger partial charge in [-0.2, -0.15) is 0 Å². The smallest absolute Gasteiger partial charge is 0.330 e. The van der Waals surface area contributed by atoms with Crippen molar-refractivity contribution in [2.24, 2.45) is 7.05 Å². The van der Waals surface area contributed by atoms with E-state index >= 15 is 0 Å². The fourth-order valence-corrected chi connectivity index (χ4v) is 1.74. The van der Waals surface area contributed by atoms with Crippen LogP contribution in [0.1, 0.15) is 0 Å². The van der Waals surface area contributed by atoms with E-state index in [4.69, 9.17) is 11.6 Å². The summed E-state index contributed by atoms with van der Waals surface area (Å²) in [5, 5.41) is 3.71. The lowest BCUT2D eigenvalue weighted by atomic mass is 10.5. The molecular weight excluding hydrogens is 248 g/mol. The van der Waals surface area contributed by atoms with E-state index < -0.39 is 5.76 Å². The maximum absolute atomic E-state index is 10.8. The number of aromatic amines is 1.